The minimum Gasteiger partial charge on any atom is -0.378 e. The molecule has 1 aromatic heterocycles. The summed E-state index contributed by atoms with van der Waals surface area (Å²) in [7, 11) is 3.91. The van der Waals surface area contributed by atoms with Gasteiger partial charge < -0.3 is 14.6 Å². The van der Waals surface area contributed by atoms with Crippen molar-refractivity contribution in [3.63, 3.8) is 0 Å². The second-order valence-electron chi connectivity index (χ2n) is 5.61. The molecular formula is C15H19N3O2S. The number of fused-ring (bicyclic) bond motifs is 1. The van der Waals surface area contributed by atoms with Crippen molar-refractivity contribution in [1.29, 1.82) is 0 Å². The maximum absolute atomic E-state index is 12.7. The summed E-state index contributed by atoms with van der Waals surface area (Å²) in [4.78, 5) is 17.8. The Morgan fingerprint density at radius 3 is 2.95 bits per heavy atom. The quantitative estimate of drug-likeness (QED) is 0.884. The summed E-state index contributed by atoms with van der Waals surface area (Å²) in [6.45, 7) is 1.30. The second-order valence-corrected chi connectivity index (χ2v) is 5.99. The zero-order chi connectivity index (χ0) is 15.0. The summed E-state index contributed by atoms with van der Waals surface area (Å²) >= 11 is 5.33. The Morgan fingerprint density at radius 1 is 1.48 bits per heavy atom. The highest BCUT2D eigenvalue weighted by molar-refractivity contribution is 7.71. The number of aromatic nitrogens is 2. The van der Waals surface area contributed by atoms with E-state index in [4.69, 9.17) is 17.0 Å². The maximum Gasteiger partial charge on any atom is 0.262 e. The van der Waals surface area contributed by atoms with Gasteiger partial charge in [0.15, 0.2) is 4.77 Å². The molecule has 0 bridgehead atoms. The first-order valence-electron chi connectivity index (χ1n) is 7.12. The Bertz CT molecular complexity index is 773. The van der Waals surface area contributed by atoms with Gasteiger partial charge in [-0.1, -0.05) is 0 Å². The van der Waals surface area contributed by atoms with Gasteiger partial charge in [-0.2, -0.15) is 0 Å². The molecule has 0 amide bonds. The number of H-pyrrole nitrogens is 1. The van der Waals surface area contributed by atoms with Gasteiger partial charge in [-0.05, 0) is 43.3 Å². The van der Waals surface area contributed by atoms with E-state index >= 15 is 0 Å². The molecule has 5 nitrogen and oxygen atoms in total. The van der Waals surface area contributed by atoms with E-state index in [1.165, 1.54) is 0 Å². The van der Waals surface area contributed by atoms with Gasteiger partial charge in [0, 0.05) is 26.4 Å². The number of anilines is 1. The van der Waals surface area contributed by atoms with Crippen LogP contribution in [0.3, 0.4) is 0 Å². The Hall–Kier alpha value is -1.66. The average Bonchev–Trinajstić information content (AvgIpc) is 2.96. The monoisotopic (exact) mass is 305 g/mol. The first-order valence-corrected chi connectivity index (χ1v) is 7.53. The van der Waals surface area contributed by atoms with Crippen LogP contribution in [0, 0.1) is 4.77 Å². The van der Waals surface area contributed by atoms with Gasteiger partial charge in [0.25, 0.3) is 5.56 Å². The first-order chi connectivity index (χ1) is 10.1. The highest BCUT2D eigenvalue weighted by Crippen LogP contribution is 2.18. The van der Waals surface area contributed by atoms with E-state index in [0.717, 1.165) is 30.7 Å². The Balaban J connectivity index is 2.11. The largest absolute Gasteiger partial charge is 0.378 e. The molecule has 1 N–H and O–H groups in total. The molecule has 1 saturated heterocycles. The maximum atomic E-state index is 12.7. The third-order valence-corrected chi connectivity index (χ3v) is 4.21. The van der Waals surface area contributed by atoms with E-state index in [9.17, 15) is 4.79 Å². The molecular weight excluding hydrogens is 286 g/mol. The van der Waals surface area contributed by atoms with E-state index in [1.54, 1.807) is 4.57 Å². The molecule has 1 unspecified atom stereocenters. The lowest BCUT2D eigenvalue weighted by molar-refractivity contribution is 0.0957. The molecule has 0 saturated carbocycles. The summed E-state index contributed by atoms with van der Waals surface area (Å²) in [6.07, 6.45) is 2.12. The molecule has 3 rings (SSSR count). The molecule has 1 fully saturated rings. The normalized spacial score (nSPS) is 18.3. The number of aromatic amines is 1. The van der Waals surface area contributed by atoms with Gasteiger partial charge in [0.2, 0.25) is 0 Å². The predicted octanol–water partition coefficient (Wildman–Crippen LogP) is 2.30. The fourth-order valence-corrected chi connectivity index (χ4v) is 2.94. The number of benzene rings is 1. The fraction of sp³-hybridized carbons (Fsp3) is 0.467. The minimum atomic E-state index is -0.0482. The molecule has 1 aromatic carbocycles. The van der Waals surface area contributed by atoms with Crippen LogP contribution in [0.2, 0.25) is 0 Å². The molecule has 0 spiro atoms. The van der Waals surface area contributed by atoms with Gasteiger partial charge in [0.1, 0.15) is 0 Å². The van der Waals surface area contributed by atoms with Crippen LogP contribution in [-0.4, -0.2) is 36.4 Å². The second kappa shape index (κ2) is 5.61. The zero-order valence-corrected chi connectivity index (χ0v) is 13.1. The van der Waals surface area contributed by atoms with Crippen molar-refractivity contribution in [2.75, 3.05) is 25.6 Å². The molecule has 2 heterocycles. The number of hydrogen-bond acceptors (Lipinski definition) is 4. The summed E-state index contributed by atoms with van der Waals surface area (Å²) in [5, 5.41) is 0.660. The molecule has 0 aliphatic carbocycles. The molecule has 21 heavy (non-hydrogen) atoms. The molecule has 6 heteroatoms. The standard InChI is InChI=1S/C15H19N3O2S/c1-17(2)10-5-6-13-12(8-10)14(19)18(15(21)16-13)9-11-4-3-7-20-11/h5-6,8,11H,3-4,7,9H2,1-2H3,(H,16,21). The highest BCUT2D eigenvalue weighted by Gasteiger charge is 2.18. The van der Waals surface area contributed by atoms with Crippen LogP contribution < -0.4 is 10.5 Å². The van der Waals surface area contributed by atoms with E-state index in [2.05, 4.69) is 4.98 Å². The minimum absolute atomic E-state index is 0.0482. The van der Waals surface area contributed by atoms with Gasteiger partial charge in [0.05, 0.1) is 23.6 Å². The molecule has 112 valence electrons. The van der Waals surface area contributed by atoms with Crippen molar-refractivity contribution in [3.05, 3.63) is 33.3 Å². The SMILES string of the molecule is CN(C)c1ccc2[nH]c(=S)n(CC3CCCO3)c(=O)c2c1. The number of nitrogens with zero attached hydrogens (tertiary/aromatic N) is 2. The molecule has 2 aromatic rings. The summed E-state index contributed by atoms with van der Waals surface area (Å²) in [6, 6.07) is 5.77. The van der Waals surface area contributed by atoms with Crippen LogP contribution in [0.4, 0.5) is 5.69 Å². The van der Waals surface area contributed by atoms with Crippen LogP contribution in [-0.2, 0) is 11.3 Å². The van der Waals surface area contributed by atoms with Crippen molar-refractivity contribution in [2.24, 2.45) is 0 Å². The van der Waals surface area contributed by atoms with E-state index in [0.29, 0.717) is 16.7 Å². The third-order valence-electron chi connectivity index (χ3n) is 3.89. The highest BCUT2D eigenvalue weighted by atomic mass is 32.1. The molecule has 1 aliphatic rings. The van der Waals surface area contributed by atoms with Crippen molar-refractivity contribution >= 4 is 28.8 Å². The summed E-state index contributed by atoms with van der Waals surface area (Å²) in [5.74, 6) is 0. The smallest absolute Gasteiger partial charge is 0.262 e. The number of ether oxygens (including phenoxy) is 1. The molecule has 1 atom stereocenters. The molecule has 1 aliphatic heterocycles. The van der Waals surface area contributed by atoms with Crippen LogP contribution in [0.15, 0.2) is 23.0 Å². The molecule has 0 radical (unpaired) electrons. The van der Waals surface area contributed by atoms with Crippen molar-refractivity contribution in [3.8, 4) is 0 Å². The zero-order valence-electron chi connectivity index (χ0n) is 12.3. The van der Waals surface area contributed by atoms with Gasteiger partial charge >= 0.3 is 0 Å². The summed E-state index contributed by atoms with van der Waals surface area (Å²) in [5.41, 5.74) is 1.72. The van der Waals surface area contributed by atoms with Crippen LogP contribution in [0.25, 0.3) is 10.9 Å². The predicted molar refractivity (Wildman–Crippen MR) is 86.7 cm³/mol. The van der Waals surface area contributed by atoms with Crippen molar-refractivity contribution < 1.29 is 4.74 Å². The van der Waals surface area contributed by atoms with E-state index in [-0.39, 0.29) is 11.7 Å². The lowest BCUT2D eigenvalue weighted by Crippen LogP contribution is -2.28. The van der Waals surface area contributed by atoms with Crippen LogP contribution in [0.5, 0.6) is 0 Å². The lowest BCUT2D eigenvalue weighted by atomic mass is 10.2. The average molecular weight is 305 g/mol. The third kappa shape index (κ3) is 2.73. The Kier molecular flexibility index (Phi) is 3.82. The van der Waals surface area contributed by atoms with Crippen LogP contribution >= 0.6 is 12.2 Å². The fourth-order valence-electron chi connectivity index (χ4n) is 2.67. The number of hydrogen-bond donors (Lipinski definition) is 1. The van der Waals surface area contributed by atoms with Gasteiger partial charge in [-0.15, -0.1) is 0 Å². The Morgan fingerprint density at radius 2 is 2.29 bits per heavy atom. The van der Waals surface area contributed by atoms with E-state index < -0.39 is 0 Å². The van der Waals surface area contributed by atoms with Crippen molar-refractivity contribution in [1.82, 2.24) is 9.55 Å². The number of nitrogens with one attached hydrogen (secondary N) is 1. The summed E-state index contributed by atoms with van der Waals surface area (Å²) < 4.78 is 7.69. The van der Waals surface area contributed by atoms with Crippen molar-refractivity contribution in [2.45, 2.75) is 25.5 Å². The van der Waals surface area contributed by atoms with Gasteiger partial charge in [-0.25, -0.2) is 0 Å². The lowest BCUT2D eigenvalue weighted by Gasteiger charge is -2.15. The van der Waals surface area contributed by atoms with E-state index in [1.807, 2.05) is 37.2 Å². The van der Waals surface area contributed by atoms with Crippen LogP contribution in [0.1, 0.15) is 12.8 Å². The number of rotatable bonds is 3. The Labute approximate surface area is 128 Å². The topological polar surface area (TPSA) is 50.3 Å². The van der Waals surface area contributed by atoms with Gasteiger partial charge in [-0.3, -0.25) is 9.36 Å². The first kappa shape index (κ1) is 14.3.